The maximum absolute atomic E-state index is 13.5. The molecule has 1 N–H and O–H groups in total. The van der Waals surface area contributed by atoms with Crippen molar-refractivity contribution in [2.45, 2.75) is 32.1 Å². The highest BCUT2D eigenvalue weighted by Gasteiger charge is 2.41. The molecule has 1 saturated heterocycles. The molecule has 8 heteroatoms. The molecular formula is C19H20F3N3O2. The fourth-order valence-corrected chi connectivity index (χ4v) is 2.98. The van der Waals surface area contributed by atoms with Crippen LogP contribution in [0.15, 0.2) is 48.5 Å². The number of alkyl halides is 3. The largest absolute Gasteiger partial charge is 0.447 e. The van der Waals surface area contributed by atoms with Gasteiger partial charge in [0.15, 0.2) is 0 Å². The van der Waals surface area contributed by atoms with Crippen LogP contribution < -0.4 is 10.2 Å². The van der Waals surface area contributed by atoms with Crippen LogP contribution in [0.4, 0.5) is 29.6 Å². The number of hydrogen-bond donors (Lipinski definition) is 1. The van der Waals surface area contributed by atoms with Gasteiger partial charge in [-0.25, -0.2) is 9.78 Å². The normalized spacial score (nSPS) is 18.5. The smallest absolute Gasteiger partial charge is 0.415 e. The summed E-state index contributed by atoms with van der Waals surface area (Å²) in [5, 5.41) is 2.44. The first-order chi connectivity index (χ1) is 12.8. The molecule has 1 aliphatic heterocycles. The molecule has 1 unspecified atom stereocenters. The zero-order chi connectivity index (χ0) is 19.6. The fraction of sp³-hybridized carbons (Fsp3) is 0.368. The number of ether oxygens (including phenoxy) is 1. The Morgan fingerprint density at radius 3 is 2.48 bits per heavy atom. The van der Waals surface area contributed by atoms with E-state index < -0.39 is 18.3 Å². The minimum atomic E-state index is -4.51. The van der Waals surface area contributed by atoms with Crippen molar-refractivity contribution in [2.24, 2.45) is 5.92 Å². The van der Waals surface area contributed by atoms with Crippen LogP contribution >= 0.6 is 0 Å². The second kappa shape index (κ2) is 7.46. The Labute approximate surface area is 155 Å². The molecule has 0 bridgehead atoms. The first-order valence-electron chi connectivity index (χ1n) is 8.58. The van der Waals surface area contributed by atoms with Crippen molar-refractivity contribution in [2.75, 3.05) is 16.8 Å². The van der Waals surface area contributed by atoms with E-state index in [2.05, 4.69) is 10.3 Å². The van der Waals surface area contributed by atoms with Gasteiger partial charge in [-0.3, -0.25) is 4.90 Å². The molecular weight excluding hydrogens is 359 g/mol. The zero-order valence-corrected chi connectivity index (χ0v) is 14.9. The van der Waals surface area contributed by atoms with E-state index in [-0.39, 0.29) is 35.8 Å². The molecule has 144 valence electrons. The summed E-state index contributed by atoms with van der Waals surface area (Å²) in [6, 6.07) is 10.0. The molecule has 0 saturated carbocycles. The van der Waals surface area contributed by atoms with E-state index in [0.717, 1.165) is 0 Å². The van der Waals surface area contributed by atoms with Crippen molar-refractivity contribution in [3.8, 4) is 0 Å². The maximum Gasteiger partial charge on any atom is 0.415 e. The van der Waals surface area contributed by atoms with Crippen molar-refractivity contribution >= 4 is 17.7 Å². The number of nitrogens with one attached hydrogen (secondary N) is 1. The first kappa shape index (κ1) is 19.0. The van der Waals surface area contributed by atoms with E-state index in [9.17, 15) is 18.0 Å². The lowest BCUT2D eigenvalue weighted by atomic mass is 10.0. The SMILES string of the molecule is CC(C)[C@H]1COC(=O)N1c1cccc(NC(c2ccccc2)C(F)(F)F)n1. The van der Waals surface area contributed by atoms with Gasteiger partial charge in [0.25, 0.3) is 0 Å². The zero-order valence-electron chi connectivity index (χ0n) is 14.9. The summed E-state index contributed by atoms with van der Waals surface area (Å²) >= 11 is 0. The van der Waals surface area contributed by atoms with Gasteiger partial charge in [-0.15, -0.1) is 0 Å². The van der Waals surface area contributed by atoms with Crippen molar-refractivity contribution in [1.82, 2.24) is 4.98 Å². The molecule has 2 atom stereocenters. The van der Waals surface area contributed by atoms with Gasteiger partial charge in [0.1, 0.15) is 24.3 Å². The molecule has 1 aromatic carbocycles. The Morgan fingerprint density at radius 1 is 1.15 bits per heavy atom. The molecule has 5 nitrogen and oxygen atoms in total. The highest BCUT2D eigenvalue weighted by molar-refractivity contribution is 5.89. The van der Waals surface area contributed by atoms with Gasteiger partial charge in [0.2, 0.25) is 0 Å². The average molecular weight is 379 g/mol. The van der Waals surface area contributed by atoms with E-state index in [0.29, 0.717) is 0 Å². The van der Waals surface area contributed by atoms with Gasteiger partial charge >= 0.3 is 12.3 Å². The van der Waals surface area contributed by atoms with Crippen molar-refractivity contribution in [3.05, 3.63) is 54.1 Å². The van der Waals surface area contributed by atoms with Gasteiger partial charge < -0.3 is 10.1 Å². The summed E-state index contributed by atoms with van der Waals surface area (Å²) in [4.78, 5) is 17.7. The quantitative estimate of drug-likeness (QED) is 0.812. The Morgan fingerprint density at radius 2 is 1.85 bits per heavy atom. The van der Waals surface area contributed by atoms with Gasteiger partial charge in [-0.05, 0) is 23.6 Å². The number of cyclic esters (lactones) is 1. The topological polar surface area (TPSA) is 54.5 Å². The van der Waals surface area contributed by atoms with E-state index >= 15 is 0 Å². The van der Waals surface area contributed by atoms with E-state index in [4.69, 9.17) is 4.74 Å². The number of amides is 1. The monoisotopic (exact) mass is 379 g/mol. The number of carbonyl (C=O) groups is 1. The summed E-state index contributed by atoms with van der Waals surface area (Å²) in [5.74, 6) is 0.401. The van der Waals surface area contributed by atoms with Crippen LogP contribution in [-0.4, -0.2) is 29.9 Å². The molecule has 1 fully saturated rings. The molecule has 1 amide bonds. The highest BCUT2D eigenvalue weighted by atomic mass is 19.4. The predicted octanol–water partition coefficient (Wildman–Crippen LogP) is 4.78. The standard InChI is InChI=1S/C19H20F3N3O2/c1-12(2)14-11-27-18(26)25(14)16-10-6-9-15(23-16)24-17(19(20,21)22)13-7-4-3-5-8-13/h3-10,12,14,17H,11H2,1-2H3,(H,23,24)/t14-,17?/m1/s1. The fourth-order valence-electron chi connectivity index (χ4n) is 2.98. The van der Waals surface area contributed by atoms with Crippen molar-refractivity contribution in [1.29, 1.82) is 0 Å². The van der Waals surface area contributed by atoms with Gasteiger partial charge in [-0.1, -0.05) is 50.2 Å². The molecule has 0 spiro atoms. The Balaban J connectivity index is 1.90. The summed E-state index contributed by atoms with van der Waals surface area (Å²) in [5.41, 5.74) is 0.0813. The summed E-state index contributed by atoms with van der Waals surface area (Å²) in [6.07, 6.45) is -5.06. The third-order valence-corrected chi connectivity index (χ3v) is 4.41. The minimum absolute atomic E-state index is 0.0286. The number of pyridine rings is 1. The number of aromatic nitrogens is 1. The molecule has 0 radical (unpaired) electrons. The third kappa shape index (κ3) is 4.15. The summed E-state index contributed by atoms with van der Waals surface area (Å²) in [6.45, 7) is 4.11. The summed E-state index contributed by atoms with van der Waals surface area (Å²) < 4.78 is 45.7. The lowest BCUT2D eigenvalue weighted by molar-refractivity contribution is -0.144. The van der Waals surface area contributed by atoms with Crippen LogP contribution in [0.2, 0.25) is 0 Å². The predicted molar refractivity (Wildman–Crippen MR) is 95.6 cm³/mol. The number of hydrogen-bond acceptors (Lipinski definition) is 4. The van der Waals surface area contributed by atoms with Gasteiger partial charge in [-0.2, -0.15) is 13.2 Å². The van der Waals surface area contributed by atoms with Crippen LogP contribution in [0.25, 0.3) is 0 Å². The number of benzene rings is 1. The molecule has 3 rings (SSSR count). The van der Waals surface area contributed by atoms with Crippen LogP contribution in [-0.2, 0) is 4.74 Å². The van der Waals surface area contributed by atoms with E-state index in [1.807, 2.05) is 13.8 Å². The molecule has 1 aliphatic rings. The molecule has 2 heterocycles. The molecule has 1 aromatic heterocycles. The lowest BCUT2D eigenvalue weighted by Gasteiger charge is -2.25. The highest BCUT2D eigenvalue weighted by Crippen LogP contribution is 2.35. The van der Waals surface area contributed by atoms with E-state index in [1.54, 1.807) is 30.3 Å². The molecule has 0 aliphatic carbocycles. The first-order valence-corrected chi connectivity index (χ1v) is 8.58. The average Bonchev–Trinajstić information content (AvgIpc) is 3.01. The van der Waals surface area contributed by atoms with E-state index in [1.165, 1.54) is 23.1 Å². The lowest BCUT2D eigenvalue weighted by Crippen LogP contribution is -2.38. The Bertz CT molecular complexity index is 796. The third-order valence-electron chi connectivity index (χ3n) is 4.41. The number of carbonyl (C=O) groups excluding carboxylic acids is 1. The van der Waals surface area contributed by atoms with Gasteiger partial charge in [0, 0.05) is 0 Å². The second-order valence-corrected chi connectivity index (χ2v) is 6.67. The Hall–Kier alpha value is -2.77. The molecule has 2 aromatic rings. The molecule has 27 heavy (non-hydrogen) atoms. The van der Waals surface area contributed by atoms with Crippen molar-refractivity contribution < 1.29 is 22.7 Å². The Kier molecular flexibility index (Phi) is 5.25. The van der Waals surface area contributed by atoms with Crippen molar-refractivity contribution in [3.63, 3.8) is 0 Å². The summed E-state index contributed by atoms with van der Waals surface area (Å²) in [7, 11) is 0. The van der Waals surface area contributed by atoms with Crippen LogP contribution in [0, 0.1) is 5.92 Å². The minimum Gasteiger partial charge on any atom is -0.447 e. The van der Waals surface area contributed by atoms with Crippen LogP contribution in [0.1, 0.15) is 25.5 Å². The number of anilines is 2. The van der Waals surface area contributed by atoms with Gasteiger partial charge in [0.05, 0.1) is 6.04 Å². The van der Waals surface area contributed by atoms with Crippen LogP contribution in [0.5, 0.6) is 0 Å². The maximum atomic E-state index is 13.5. The number of rotatable bonds is 5. The van der Waals surface area contributed by atoms with Crippen LogP contribution in [0.3, 0.4) is 0 Å². The number of halogens is 3. The number of nitrogens with zero attached hydrogens (tertiary/aromatic N) is 2. The second-order valence-electron chi connectivity index (χ2n) is 6.67.